The molecule has 0 radical (unpaired) electrons. The van der Waals surface area contributed by atoms with Crippen molar-refractivity contribution in [2.45, 2.75) is 6.42 Å². The van der Waals surface area contributed by atoms with Crippen LogP contribution >= 0.6 is 0 Å². The molecule has 0 aromatic heterocycles. The Morgan fingerprint density at radius 2 is 1.70 bits per heavy atom. The van der Waals surface area contributed by atoms with Crippen molar-refractivity contribution in [1.82, 2.24) is 0 Å². The predicted octanol–water partition coefficient (Wildman–Crippen LogP) is 1.03. The minimum atomic E-state index is -0.694. The highest BCUT2D eigenvalue weighted by Gasteiger charge is 2.38. The molecule has 3 N–H and O–H groups in total. The van der Waals surface area contributed by atoms with Crippen LogP contribution in [0, 0.1) is 0 Å². The third-order valence-corrected chi connectivity index (χ3v) is 3.25. The number of rotatable bonds is 0. The van der Waals surface area contributed by atoms with Crippen LogP contribution in [0.3, 0.4) is 0 Å². The maximum Gasteiger partial charge on any atom is 0.195 e. The summed E-state index contributed by atoms with van der Waals surface area (Å²) in [4.78, 5) is 35.4. The minimum absolute atomic E-state index is 0.155. The molecule has 100 valence electrons. The first-order chi connectivity index (χ1) is 9.40. The van der Waals surface area contributed by atoms with E-state index in [4.69, 9.17) is 0 Å². The third-order valence-electron chi connectivity index (χ3n) is 3.25. The Balaban J connectivity index is 2.41. The number of hydrogen-bond acceptors (Lipinski definition) is 6. The van der Waals surface area contributed by atoms with Gasteiger partial charge >= 0.3 is 0 Å². The van der Waals surface area contributed by atoms with Crippen LogP contribution in [-0.2, 0) is 9.59 Å². The largest absolute Gasteiger partial charge is 0.508 e. The van der Waals surface area contributed by atoms with Gasteiger partial charge in [-0.2, -0.15) is 0 Å². The Labute approximate surface area is 112 Å². The second-order valence-electron chi connectivity index (χ2n) is 4.56. The van der Waals surface area contributed by atoms with Gasteiger partial charge in [0.25, 0.3) is 0 Å². The molecule has 0 bridgehead atoms. The molecule has 0 aliphatic heterocycles. The van der Waals surface area contributed by atoms with E-state index >= 15 is 0 Å². The number of hydrogen-bond donors (Lipinski definition) is 3. The fourth-order valence-corrected chi connectivity index (χ4v) is 2.43. The molecule has 1 aromatic carbocycles. The average Bonchev–Trinajstić information content (AvgIpc) is 2.34. The number of fused-ring (bicyclic) bond motifs is 2. The number of carbonyl (C=O) groups is 3. The van der Waals surface area contributed by atoms with Crippen molar-refractivity contribution in [3.05, 3.63) is 40.5 Å². The maximum atomic E-state index is 12.3. The second kappa shape index (κ2) is 3.80. The van der Waals surface area contributed by atoms with E-state index in [0.717, 1.165) is 18.2 Å². The molecule has 0 amide bonds. The molecule has 20 heavy (non-hydrogen) atoms. The Bertz CT molecular complexity index is 766. The molecule has 2 aliphatic rings. The van der Waals surface area contributed by atoms with Gasteiger partial charge in [-0.05, 0) is 12.1 Å². The van der Waals surface area contributed by atoms with Crippen LogP contribution in [0.4, 0.5) is 0 Å². The number of allylic oxidation sites excluding steroid dienone is 3. The number of Topliss-reactive ketones (excluding diaryl/α,β-unsaturated/α-hetero) is 2. The number of phenols is 2. The van der Waals surface area contributed by atoms with Crippen LogP contribution in [0.5, 0.6) is 11.5 Å². The van der Waals surface area contributed by atoms with Gasteiger partial charge < -0.3 is 15.3 Å². The fourth-order valence-electron chi connectivity index (χ4n) is 2.43. The van der Waals surface area contributed by atoms with Gasteiger partial charge in [0.2, 0.25) is 0 Å². The monoisotopic (exact) mass is 272 g/mol. The highest BCUT2D eigenvalue weighted by atomic mass is 16.3. The van der Waals surface area contributed by atoms with E-state index in [1.807, 2.05) is 0 Å². The normalized spacial score (nSPS) is 17.8. The molecule has 0 atom stereocenters. The molecule has 0 saturated heterocycles. The summed E-state index contributed by atoms with van der Waals surface area (Å²) in [5.41, 5.74) is -0.829. The lowest BCUT2D eigenvalue weighted by Gasteiger charge is -2.23. The van der Waals surface area contributed by atoms with Crippen molar-refractivity contribution in [2.75, 3.05) is 0 Å². The lowest BCUT2D eigenvalue weighted by molar-refractivity contribution is -0.122. The van der Waals surface area contributed by atoms with Gasteiger partial charge in [-0.25, -0.2) is 0 Å². The molecule has 0 heterocycles. The van der Waals surface area contributed by atoms with E-state index in [1.165, 1.54) is 0 Å². The van der Waals surface area contributed by atoms with Crippen molar-refractivity contribution in [2.24, 2.45) is 0 Å². The zero-order valence-electron chi connectivity index (χ0n) is 10.0. The molecule has 1 aromatic rings. The molecule has 3 rings (SSSR count). The van der Waals surface area contributed by atoms with Crippen LogP contribution in [0.15, 0.2) is 29.4 Å². The standard InChI is InChI=1S/C14H8O6/c15-5-1-7-11(9(17)3-5)14(20)12-8(13(7)19)2-6(16)4-10(12)18/h1-3,15,17,20H,4H2. The van der Waals surface area contributed by atoms with Crippen LogP contribution in [0.1, 0.15) is 22.3 Å². The Morgan fingerprint density at radius 1 is 1.00 bits per heavy atom. The number of aliphatic hydroxyl groups excluding tert-OH is 1. The van der Waals surface area contributed by atoms with Gasteiger partial charge in [-0.3, -0.25) is 14.4 Å². The van der Waals surface area contributed by atoms with Gasteiger partial charge in [0, 0.05) is 17.2 Å². The van der Waals surface area contributed by atoms with Crippen molar-refractivity contribution >= 4 is 23.1 Å². The quantitative estimate of drug-likeness (QED) is 0.608. The highest BCUT2D eigenvalue weighted by molar-refractivity contribution is 6.32. The first-order valence-electron chi connectivity index (χ1n) is 5.72. The molecular weight excluding hydrogens is 264 g/mol. The smallest absolute Gasteiger partial charge is 0.195 e. The van der Waals surface area contributed by atoms with E-state index < -0.39 is 35.3 Å². The molecule has 0 fully saturated rings. The summed E-state index contributed by atoms with van der Waals surface area (Å²) >= 11 is 0. The van der Waals surface area contributed by atoms with E-state index in [1.54, 1.807) is 0 Å². The molecule has 6 heteroatoms. The van der Waals surface area contributed by atoms with Gasteiger partial charge in [0.1, 0.15) is 17.3 Å². The number of ketones is 3. The summed E-state index contributed by atoms with van der Waals surface area (Å²) in [6, 6.07) is 2.02. The summed E-state index contributed by atoms with van der Waals surface area (Å²) < 4.78 is 0. The van der Waals surface area contributed by atoms with Gasteiger partial charge in [0.15, 0.2) is 17.3 Å². The van der Waals surface area contributed by atoms with E-state index in [9.17, 15) is 29.7 Å². The van der Waals surface area contributed by atoms with Crippen molar-refractivity contribution < 1.29 is 29.7 Å². The molecule has 0 saturated carbocycles. The van der Waals surface area contributed by atoms with Crippen LogP contribution in [0.2, 0.25) is 0 Å². The van der Waals surface area contributed by atoms with Gasteiger partial charge in [-0.15, -0.1) is 0 Å². The molecular formula is C14H8O6. The molecule has 2 aliphatic carbocycles. The van der Waals surface area contributed by atoms with Crippen LogP contribution in [0.25, 0.3) is 5.76 Å². The number of phenolic OH excluding ortho intramolecular Hbond substituents is 2. The summed E-state index contributed by atoms with van der Waals surface area (Å²) in [6.45, 7) is 0. The Hall–Kier alpha value is -2.89. The van der Waals surface area contributed by atoms with E-state index in [0.29, 0.717) is 0 Å². The number of aromatic hydroxyl groups is 2. The SMILES string of the molecule is O=C1C=C2C(=O)c3cc(O)cc(O)c3C(O)=C2C(=O)C1. The van der Waals surface area contributed by atoms with Gasteiger partial charge in [0.05, 0.1) is 17.6 Å². The summed E-state index contributed by atoms with van der Waals surface area (Å²) in [6.07, 6.45) is 0.573. The number of benzene rings is 1. The van der Waals surface area contributed by atoms with Gasteiger partial charge in [-0.1, -0.05) is 0 Å². The van der Waals surface area contributed by atoms with Crippen LogP contribution < -0.4 is 0 Å². The predicted molar refractivity (Wildman–Crippen MR) is 66.4 cm³/mol. The van der Waals surface area contributed by atoms with Crippen molar-refractivity contribution in [3.63, 3.8) is 0 Å². The van der Waals surface area contributed by atoms with E-state index in [2.05, 4.69) is 0 Å². The molecule has 6 nitrogen and oxygen atoms in total. The van der Waals surface area contributed by atoms with E-state index in [-0.39, 0.29) is 28.0 Å². The second-order valence-corrected chi connectivity index (χ2v) is 4.56. The van der Waals surface area contributed by atoms with Crippen LogP contribution in [-0.4, -0.2) is 32.7 Å². The average molecular weight is 272 g/mol. The third kappa shape index (κ3) is 1.48. The minimum Gasteiger partial charge on any atom is -0.508 e. The Kier molecular flexibility index (Phi) is 2.31. The number of aliphatic hydroxyl groups is 1. The Morgan fingerprint density at radius 3 is 2.40 bits per heavy atom. The lowest BCUT2D eigenvalue weighted by atomic mass is 9.79. The zero-order chi connectivity index (χ0) is 14.6. The highest BCUT2D eigenvalue weighted by Crippen LogP contribution is 2.41. The van der Waals surface area contributed by atoms with Crippen molar-refractivity contribution in [3.8, 4) is 11.5 Å². The lowest BCUT2D eigenvalue weighted by Crippen LogP contribution is -2.26. The molecule has 0 unspecified atom stereocenters. The topological polar surface area (TPSA) is 112 Å². The number of carbonyl (C=O) groups excluding carboxylic acids is 3. The fraction of sp³-hybridized carbons (Fsp3) is 0.0714. The summed E-state index contributed by atoms with van der Waals surface area (Å²) in [7, 11) is 0. The first kappa shape index (κ1) is 12.2. The summed E-state index contributed by atoms with van der Waals surface area (Å²) in [5.74, 6) is -3.32. The van der Waals surface area contributed by atoms with Crippen molar-refractivity contribution in [1.29, 1.82) is 0 Å². The maximum absolute atomic E-state index is 12.3. The summed E-state index contributed by atoms with van der Waals surface area (Å²) in [5, 5.41) is 29.3. The molecule has 0 spiro atoms. The zero-order valence-corrected chi connectivity index (χ0v) is 10.0. The first-order valence-corrected chi connectivity index (χ1v) is 5.72.